The smallest absolute Gasteiger partial charge is 0.356 e. The van der Waals surface area contributed by atoms with E-state index in [4.69, 9.17) is 10.7 Å². The number of esters is 1. The SMILES string of the molecule is COC(=O)c1cccc(N2CC(S(=O)(=O)Cl)CC2=O)n1. The standard InChI is InChI=1S/C11H11ClN2O5S/c1-19-11(16)8-3-2-4-9(13-8)14-6-7(5-10(14)15)20(12,17)18/h2-4,7H,5-6H2,1H3. The Kier molecular flexibility index (Phi) is 3.96. The molecule has 0 radical (unpaired) electrons. The molecule has 2 heterocycles. The Labute approximate surface area is 119 Å². The van der Waals surface area contributed by atoms with Crippen LogP contribution >= 0.6 is 10.7 Å². The highest BCUT2D eigenvalue weighted by molar-refractivity contribution is 8.14. The lowest BCUT2D eigenvalue weighted by molar-refractivity contribution is -0.117. The van der Waals surface area contributed by atoms with Crippen molar-refractivity contribution >= 4 is 37.4 Å². The minimum atomic E-state index is -3.82. The van der Waals surface area contributed by atoms with E-state index >= 15 is 0 Å². The van der Waals surface area contributed by atoms with Crippen LogP contribution in [0.3, 0.4) is 0 Å². The molecule has 0 saturated carbocycles. The van der Waals surface area contributed by atoms with Gasteiger partial charge in [0.2, 0.25) is 15.0 Å². The van der Waals surface area contributed by atoms with Crippen LogP contribution in [-0.2, 0) is 18.6 Å². The van der Waals surface area contributed by atoms with Crippen LogP contribution in [0.5, 0.6) is 0 Å². The van der Waals surface area contributed by atoms with Crippen molar-refractivity contribution in [1.82, 2.24) is 4.98 Å². The second kappa shape index (κ2) is 5.37. The molecule has 1 atom stereocenters. The number of amides is 1. The molecule has 1 unspecified atom stereocenters. The van der Waals surface area contributed by atoms with Crippen LogP contribution in [0.1, 0.15) is 16.9 Å². The highest BCUT2D eigenvalue weighted by atomic mass is 35.7. The number of hydrogen-bond donors (Lipinski definition) is 0. The monoisotopic (exact) mass is 318 g/mol. The number of anilines is 1. The summed E-state index contributed by atoms with van der Waals surface area (Å²) in [4.78, 5) is 28.4. The summed E-state index contributed by atoms with van der Waals surface area (Å²) in [7, 11) is 2.66. The second-order valence-electron chi connectivity index (χ2n) is 4.18. The Balaban J connectivity index is 2.29. The van der Waals surface area contributed by atoms with Crippen molar-refractivity contribution < 1.29 is 22.7 Å². The predicted octanol–water partition coefficient (Wildman–Crippen LogP) is 0.542. The third-order valence-electron chi connectivity index (χ3n) is 2.89. The zero-order chi connectivity index (χ0) is 14.9. The molecular weight excluding hydrogens is 308 g/mol. The van der Waals surface area contributed by atoms with Gasteiger partial charge >= 0.3 is 5.97 Å². The quantitative estimate of drug-likeness (QED) is 0.596. The molecule has 2 rings (SSSR count). The molecular formula is C11H11ClN2O5S. The van der Waals surface area contributed by atoms with Gasteiger partial charge in [-0.2, -0.15) is 0 Å². The van der Waals surface area contributed by atoms with Crippen molar-refractivity contribution in [2.45, 2.75) is 11.7 Å². The van der Waals surface area contributed by atoms with Crippen molar-refractivity contribution in [2.24, 2.45) is 0 Å². The zero-order valence-corrected chi connectivity index (χ0v) is 12.0. The molecule has 1 amide bonds. The van der Waals surface area contributed by atoms with Crippen LogP contribution in [-0.4, -0.2) is 44.2 Å². The van der Waals surface area contributed by atoms with Gasteiger partial charge in [0.1, 0.15) is 11.1 Å². The minimum absolute atomic E-state index is 0.0370. The number of pyridine rings is 1. The maximum Gasteiger partial charge on any atom is 0.356 e. The van der Waals surface area contributed by atoms with E-state index in [2.05, 4.69) is 9.72 Å². The largest absolute Gasteiger partial charge is 0.464 e. The highest BCUT2D eigenvalue weighted by Gasteiger charge is 2.38. The number of nitrogens with zero attached hydrogens (tertiary/aromatic N) is 2. The number of carbonyl (C=O) groups is 2. The van der Waals surface area contributed by atoms with E-state index in [0.29, 0.717) is 0 Å². The van der Waals surface area contributed by atoms with E-state index in [-0.39, 0.29) is 24.5 Å². The predicted molar refractivity (Wildman–Crippen MR) is 71.1 cm³/mol. The maximum atomic E-state index is 11.8. The Morgan fingerprint density at radius 1 is 1.50 bits per heavy atom. The Morgan fingerprint density at radius 3 is 2.75 bits per heavy atom. The first kappa shape index (κ1) is 14.7. The summed E-state index contributed by atoms with van der Waals surface area (Å²) >= 11 is 0. The number of aromatic nitrogens is 1. The Bertz CT molecular complexity index is 661. The lowest BCUT2D eigenvalue weighted by Gasteiger charge is -2.15. The van der Waals surface area contributed by atoms with Crippen molar-refractivity contribution in [1.29, 1.82) is 0 Å². The Morgan fingerprint density at radius 2 is 2.20 bits per heavy atom. The molecule has 108 valence electrons. The maximum absolute atomic E-state index is 11.8. The van der Waals surface area contributed by atoms with Crippen molar-refractivity contribution in [3.05, 3.63) is 23.9 Å². The molecule has 1 fully saturated rings. The van der Waals surface area contributed by atoms with E-state index in [1.165, 1.54) is 30.2 Å². The van der Waals surface area contributed by atoms with Crippen molar-refractivity contribution in [3.8, 4) is 0 Å². The number of ether oxygens (including phenoxy) is 1. The van der Waals surface area contributed by atoms with Crippen molar-refractivity contribution in [2.75, 3.05) is 18.6 Å². The van der Waals surface area contributed by atoms with Crippen LogP contribution in [0.25, 0.3) is 0 Å². The van der Waals surface area contributed by atoms with Gasteiger partial charge in [-0.1, -0.05) is 6.07 Å². The van der Waals surface area contributed by atoms with E-state index in [0.717, 1.165) is 0 Å². The van der Waals surface area contributed by atoms with Gasteiger partial charge in [0.15, 0.2) is 5.69 Å². The number of rotatable bonds is 3. The minimum Gasteiger partial charge on any atom is -0.464 e. The average molecular weight is 319 g/mol. The van der Waals surface area contributed by atoms with Crippen LogP contribution < -0.4 is 4.90 Å². The Hall–Kier alpha value is -1.67. The van der Waals surface area contributed by atoms with Gasteiger partial charge < -0.3 is 4.74 Å². The highest BCUT2D eigenvalue weighted by Crippen LogP contribution is 2.25. The molecule has 1 saturated heterocycles. The van der Waals surface area contributed by atoms with Crippen LogP contribution in [0, 0.1) is 0 Å². The molecule has 0 spiro atoms. The average Bonchev–Trinajstić information content (AvgIpc) is 2.80. The normalized spacial score (nSPS) is 19.2. The van der Waals surface area contributed by atoms with E-state index in [9.17, 15) is 18.0 Å². The third kappa shape index (κ3) is 2.91. The van der Waals surface area contributed by atoms with Gasteiger partial charge in [0.05, 0.1) is 7.11 Å². The molecule has 1 aliphatic heterocycles. The number of halogens is 1. The van der Waals surface area contributed by atoms with Crippen LogP contribution in [0.4, 0.5) is 5.82 Å². The van der Waals surface area contributed by atoms with Crippen LogP contribution in [0.15, 0.2) is 18.2 Å². The molecule has 1 aromatic heterocycles. The van der Waals surface area contributed by atoms with Gasteiger partial charge in [-0.05, 0) is 12.1 Å². The van der Waals surface area contributed by atoms with Gasteiger partial charge in [-0.15, -0.1) is 0 Å². The molecule has 1 aliphatic rings. The summed E-state index contributed by atoms with van der Waals surface area (Å²) in [6, 6.07) is 4.48. The summed E-state index contributed by atoms with van der Waals surface area (Å²) in [5, 5.41) is -0.972. The van der Waals surface area contributed by atoms with Gasteiger partial charge in [-0.3, -0.25) is 9.69 Å². The molecule has 1 aromatic rings. The van der Waals surface area contributed by atoms with E-state index < -0.39 is 26.2 Å². The molecule has 7 nitrogen and oxygen atoms in total. The zero-order valence-electron chi connectivity index (χ0n) is 10.4. The second-order valence-corrected chi connectivity index (χ2v) is 7.09. The summed E-state index contributed by atoms with van der Waals surface area (Å²) in [6.45, 7) is -0.0811. The van der Waals surface area contributed by atoms with Gasteiger partial charge in [-0.25, -0.2) is 18.2 Å². The van der Waals surface area contributed by atoms with E-state index in [1.807, 2.05) is 0 Å². The van der Waals surface area contributed by atoms with Crippen LogP contribution in [0.2, 0.25) is 0 Å². The third-order valence-corrected chi connectivity index (χ3v) is 4.76. The summed E-state index contributed by atoms with van der Waals surface area (Å²) < 4.78 is 27.1. The van der Waals surface area contributed by atoms with Gasteiger partial charge in [0.25, 0.3) is 0 Å². The first-order valence-corrected chi connectivity index (χ1v) is 7.99. The lowest BCUT2D eigenvalue weighted by Crippen LogP contribution is -2.28. The van der Waals surface area contributed by atoms with Crippen molar-refractivity contribution in [3.63, 3.8) is 0 Å². The summed E-state index contributed by atoms with van der Waals surface area (Å²) in [5.41, 5.74) is 0.0370. The van der Waals surface area contributed by atoms with E-state index in [1.54, 1.807) is 0 Å². The summed E-state index contributed by atoms with van der Waals surface area (Å²) in [6.07, 6.45) is -0.198. The molecule has 0 N–H and O–H groups in total. The molecule has 0 aromatic carbocycles. The number of carbonyl (C=O) groups excluding carboxylic acids is 2. The first-order valence-electron chi connectivity index (χ1n) is 5.62. The first-order chi connectivity index (χ1) is 9.32. The fourth-order valence-corrected chi connectivity index (χ4v) is 2.90. The fourth-order valence-electron chi connectivity index (χ4n) is 1.88. The topological polar surface area (TPSA) is 93.6 Å². The fraction of sp³-hybridized carbons (Fsp3) is 0.364. The number of methoxy groups -OCH3 is 1. The molecule has 20 heavy (non-hydrogen) atoms. The molecule has 9 heteroatoms. The molecule has 0 bridgehead atoms. The molecule has 0 aliphatic carbocycles. The number of hydrogen-bond acceptors (Lipinski definition) is 6. The van der Waals surface area contributed by atoms with Gasteiger partial charge in [0, 0.05) is 23.6 Å². The summed E-state index contributed by atoms with van der Waals surface area (Å²) in [5.74, 6) is -0.852. The lowest BCUT2D eigenvalue weighted by atomic mass is 10.3.